The van der Waals surface area contributed by atoms with Gasteiger partial charge in [0, 0.05) is 45.1 Å². The topological polar surface area (TPSA) is 71.4 Å². The van der Waals surface area contributed by atoms with Crippen molar-refractivity contribution in [1.29, 1.82) is 0 Å². The molecule has 0 radical (unpaired) electrons. The molecule has 1 aromatic heterocycles. The van der Waals surface area contributed by atoms with Crippen LogP contribution in [0.4, 0.5) is 11.4 Å². The van der Waals surface area contributed by atoms with E-state index in [9.17, 15) is 4.79 Å². The molecule has 1 unspecified atom stereocenters. The minimum Gasteiger partial charge on any atom is -0.488 e. The normalized spacial score (nSPS) is 21.2. The Kier molecular flexibility index (Phi) is 4.52. The third kappa shape index (κ3) is 3.36. The molecule has 7 nitrogen and oxygen atoms in total. The number of rotatable bonds is 5. The van der Waals surface area contributed by atoms with Crippen molar-refractivity contribution >= 4 is 28.3 Å². The maximum Gasteiger partial charge on any atom is 0.220 e. The number of anilines is 2. The molecule has 1 aliphatic carbocycles. The van der Waals surface area contributed by atoms with Gasteiger partial charge in [0.2, 0.25) is 5.91 Å². The molecule has 3 heterocycles. The molecule has 0 bridgehead atoms. The van der Waals surface area contributed by atoms with Crippen molar-refractivity contribution in [3.05, 3.63) is 36.7 Å². The highest BCUT2D eigenvalue weighted by Crippen LogP contribution is 2.42. The van der Waals surface area contributed by atoms with Crippen molar-refractivity contribution in [3.8, 4) is 16.9 Å². The summed E-state index contributed by atoms with van der Waals surface area (Å²) < 4.78 is 8.82. The Morgan fingerprint density at radius 2 is 2.03 bits per heavy atom. The number of aromatic nitrogens is 2. The van der Waals surface area contributed by atoms with Gasteiger partial charge in [-0.1, -0.05) is 6.07 Å². The summed E-state index contributed by atoms with van der Waals surface area (Å²) in [5.41, 5.74) is 6.65. The number of hydrogen-bond acceptors (Lipinski definition) is 5. The van der Waals surface area contributed by atoms with Gasteiger partial charge in [-0.2, -0.15) is 0 Å². The van der Waals surface area contributed by atoms with Gasteiger partial charge in [-0.3, -0.25) is 4.79 Å². The maximum atomic E-state index is 11.7. The van der Waals surface area contributed by atoms with Crippen LogP contribution in [0.5, 0.6) is 5.75 Å². The van der Waals surface area contributed by atoms with Crippen molar-refractivity contribution in [3.63, 3.8) is 0 Å². The Hall–Kier alpha value is -3.22. The molecule has 3 aromatic rings. The van der Waals surface area contributed by atoms with Crippen molar-refractivity contribution in [1.82, 2.24) is 14.9 Å². The summed E-state index contributed by atoms with van der Waals surface area (Å²) in [7, 11) is 2.13. The summed E-state index contributed by atoms with van der Waals surface area (Å²) in [6.07, 6.45) is 4.79. The third-order valence-electron chi connectivity index (χ3n) is 7.06. The number of nitrogens with one attached hydrogen (secondary N) is 2. The molecule has 2 atom stereocenters. The lowest BCUT2D eigenvalue weighted by atomic mass is 10.0. The number of amides is 1. The summed E-state index contributed by atoms with van der Waals surface area (Å²) in [6, 6.07) is 11.4. The molecule has 1 amide bonds. The quantitative estimate of drug-likeness (QED) is 0.643. The van der Waals surface area contributed by atoms with Crippen molar-refractivity contribution in [2.45, 2.75) is 38.3 Å². The minimum atomic E-state index is -0.0613. The van der Waals surface area contributed by atoms with Crippen molar-refractivity contribution < 1.29 is 9.53 Å². The number of imidazole rings is 1. The van der Waals surface area contributed by atoms with E-state index in [1.807, 2.05) is 6.33 Å². The van der Waals surface area contributed by atoms with Crippen LogP contribution >= 0.6 is 0 Å². The molecule has 2 fully saturated rings. The predicted molar refractivity (Wildman–Crippen MR) is 126 cm³/mol. The molecule has 1 saturated heterocycles. The fraction of sp³-hybridized carbons (Fsp3) is 0.440. The van der Waals surface area contributed by atoms with E-state index < -0.39 is 0 Å². The van der Waals surface area contributed by atoms with E-state index in [-0.39, 0.29) is 17.9 Å². The zero-order valence-corrected chi connectivity index (χ0v) is 18.6. The van der Waals surface area contributed by atoms with Gasteiger partial charge in [0.1, 0.15) is 17.4 Å². The van der Waals surface area contributed by atoms with E-state index in [4.69, 9.17) is 9.72 Å². The first-order chi connectivity index (χ1) is 15.6. The highest BCUT2D eigenvalue weighted by molar-refractivity contribution is 5.89. The molecule has 1 saturated carbocycles. The average Bonchev–Trinajstić information content (AvgIpc) is 3.39. The van der Waals surface area contributed by atoms with Gasteiger partial charge in [0.15, 0.2) is 0 Å². The summed E-state index contributed by atoms with van der Waals surface area (Å²) in [6.45, 7) is 4.69. The van der Waals surface area contributed by atoms with E-state index in [1.165, 1.54) is 18.5 Å². The van der Waals surface area contributed by atoms with Crippen LogP contribution in [0.2, 0.25) is 0 Å². The zero-order chi connectivity index (χ0) is 21.8. The van der Waals surface area contributed by atoms with Crippen LogP contribution in [0.15, 0.2) is 36.7 Å². The van der Waals surface area contributed by atoms with Gasteiger partial charge in [0.25, 0.3) is 0 Å². The lowest BCUT2D eigenvalue weighted by Gasteiger charge is -2.29. The molecule has 32 heavy (non-hydrogen) atoms. The van der Waals surface area contributed by atoms with E-state index in [2.05, 4.69) is 64.4 Å². The van der Waals surface area contributed by atoms with Crippen LogP contribution in [-0.2, 0) is 4.79 Å². The van der Waals surface area contributed by atoms with Crippen molar-refractivity contribution in [2.24, 2.45) is 5.92 Å². The highest BCUT2D eigenvalue weighted by Gasteiger charge is 2.30. The smallest absolute Gasteiger partial charge is 0.220 e. The van der Waals surface area contributed by atoms with E-state index in [0.717, 1.165) is 46.7 Å². The molecule has 2 aromatic carbocycles. The first kappa shape index (κ1) is 19.5. The summed E-state index contributed by atoms with van der Waals surface area (Å²) in [5, 5.41) is 6.45. The van der Waals surface area contributed by atoms with Crippen LogP contribution in [0, 0.1) is 5.92 Å². The third-order valence-corrected chi connectivity index (χ3v) is 7.06. The first-order valence-electron chi connectivity index (χ1n) is 11.6. The van der Waals surface area contributed by atoms with E-state index in [1.54, 1.807) is 0 Å². The Morgan fingerprint density at radius 3 is 2.81 bits per heavy atom. The Morgan fingerprint density at radius 1 is 1.16 bits per heavy atom. The summed E-state index contributed by atoms with van der Waals surface area (Å²) >= 11 is 0. The highest BCUT2D eigenvalue weighted by atomic mass is 16.5. The molecule has 2 aliphatic heterocycles. The second-order valence-electron chi connectivity index (χ2n) is 9.40. The monoisotopic (exact) mass is 431 g/mol. The number of likely N-dealkylation sites (N-methyl/N-ethyl adjacent to an activating group) is 1. The van der Waals surface area contributed by atoms with E-state index in [0.29, 0.717) is 19.0 Å². The molecular formula is C25H29N5O2. The maximum absolute atomic E-state index is 11.7. The van der Waals surface area contributed by atoms with Gasteiger partial charge in [-0.05, 0) is 55.2 Å². The Balaban J connectivity index is 1.41. The summed E-state index contributed by atoms with van der Waals surface area (Å²) in [5.74, 6) is 1.15. The minimum absolute atomic E-state index is 0.0613. The SMILES string of the molecule is CC(Oc1cc(-c2ccc3c(c2)NCCN3C)cc2ncn(C3CC3)c12)[C@H]1CNC(=O)C1. The number of nitrogens with zero attached hydrogens (tertiary/aromatic N) is 3. The lowest BCUT2D eigenvalue weighted by molar-refractivity contribution is -0.119. The molecule has 6 rings (SSSR count). The van der Waals surface area contributed by atoms with Crippen LogP contribution in [0.3, 0.4) is 0 Å². The van der Waals surface area contributed by atoms with Crippen LogP contribution in [0.25, 0.3) is 22.2 Å². The van der Waals surface area contributed by atoms with Crippen LogP contribution in [0.1, 0.15) is 32.2 Å². The fourth-order valence-corrected chi connectivity index (χ4v) is 4.94. The summed E-state index contributed by atoms with van der Waals surface area (Å²) in [4.78, 5) is 18.7. The number of carbonyl (C=O) groups is 1. The number of fused-ring (bicyclic) bond motifs is 2. The number of hydrogen-bond donors (Lipinski definition) is 2. The number of ether oxygens (including phenoxy) is 1. The standard InChI is InChI=1S/C25H29N5O2/c1-15(18-12-24(31)27-13-18)32-23-11-17(10-21-25(23)30(14-28-21)19-4-5-19)16-3-6-22-20(9-16)26-7-8-29(22)2/h3,6,9-11,14-15,18-19,26H,4-5,7-8,12-13H2,1-2H3,(H,27,31)/t15?,18-/m1/s1. The molecule has 7 heteroatoms. The van der Waals surface area contributed by atoms with Crippen LogP contribution < -0.4 is 20.3 Å². The van der Waals surface area contributed by atoms with Crippen molar-refractivity contribution in [2.75, 3.05) is 36.9 Å². The average molecular weight is 432 g/mol. The van der Waals surface area contributed by atoms with E-state index >= 15 is 0 Å². The number of benzene rings is 2. The number of carbonyl (C=O) groups excluding carboxylic acids is 1. The Bertz CT molecular complexity index is 1200. The Labute approximate surface area is 187 Å². The first-order valence-corrected chi connectivity index (χ1v) is 11.6. The molecule has 166 valence electrons. The zero-order valence-electron chi connectivity index (χ0n) is 18.6. The van der Waals surface area contributed by atoms with Gasteiger partial charge in [-0.25, -0.2) is 4.98 Å². The molecular weight excluding hydrogens is 402 g/mol. The van der Waals surface area contributed by atoms with Gasteiger partial charge >= 0.3 is 0 Å². The predicted octanol–water partition coefficient (Wildman–Crippen LogP) is 3.80. The van der Waals surface area contributed by atoms with Gasteiger partial charge in [0.05, 0.1) is 23.2 Å². The fourth-order valence-electron chi connectivity index (χ4n) is 4.94. The second kappa shape index (κ2) is 7.43. The second-order valence-corrected chi connectivity index (χ2v) is 9.40. The molecule has 2 N–H and O–H groups in total. The largest absolute Gasteiger partial charge is 0.488 e. The lowest BCUT2D eigenvalue weighted by Crippen LogP contribution is -2.30. The van der Waals surface area contributed by atoms with Crippen LogP contribution in [-0.4, -0.2) is 48.2 Å². The van der Waals surface area contributed by atoms with Gasteiger partial charge < -0.3 is 24.8 Å². The molecule has 3 aliphatic rings. The molecule has 0 spiro atoms. The van der Waals surface area contributed by atoms with Gasteiger partial charge in [-0.15, -0.1) is 0 Å².